The Kier molecular flexibility index (Phi) is 2.23. The van der Waals surface area contributed by atoms with Crippen LogP contribution in [0.1, 0.15) is 10.5 Å². The number of carbonyl (C=O) groups excluding carboxylic acids is 1. The summed E-state index contributed by atoms with van der Waals surface area (Å²) >= 11 is 0. The highest BCUT2D eigenvalue weighted by molar-refractivity contribution is 5.91. The van der Waals surface area contributed by atoms with E-state index in [9.17, 15) is 14.0 Å². The number of hydrogen-bond donors (Lipinski definition) is 2. The molecular formula is C7H7FN2O2. The summed E-state index contributed by atoms with van der Waals surface area (Å²) in [6.45, 7) is 0. The fourth-order valence-corrected chi connectivity index (χ4v) is 0.723. The second-order valence-corrected chi connectivity index (χ2v) is 2.13. The van der Waals surface area contributed by atoms with Gasteiger partial charge in [0.2, 0.25) is 0 Å². The lowest BCUT2D eigenvalue weighted by molar-refractivity contribution is 0.0958. The molecule has 0 saturated heterocycles. The Hall–Kier alpha value is -1.65. The van der Waals surface area contributed by atoms with Gasteiger partial charge in [-0.15, -0.1) is 0 Å². The molecule has 4 nitrogen and oxygen atoms in total. The minimum Gasteiger partial charge on any atom is -0.354 e. The summed E-state index contributed by atoms with van der Waals surface area (Å²) in [4.78, 5) is 23.6. The number of rotatable bonds is 1. The fraction of sp³-hybridized carbons (Fsp3) is 0.143. The summed E-state index contributed by atoms with van der Waals surface area (Å²) in [7, 11) is 1.42. The molecule has 0 spiro atoms. The van der Waals surface area contributed by atoms with E-state index < -0.39 is 17.3 Å². The summed E-state index contributed by atoms with van der Waals surface area (Å²) in [5, 5.41) is 2.30. The first kappa shape index (κ1) is 8.45. The SMILES string of the molecule is CNC(=O)c1ccc(F)c(=O)[nH]1. The van der Waals surface area contributed by atoms with Crippen LogP contribution in [0.15, 0.2) is 16.9 Å². The predicted molar refractivity (Wildman–Crippen MR) is 40.4 cm³/mol. The van der Waals surface area contributed by atoms with E-state index in [1.165, 1.54) is 13.1 Å². The van der Waals surface area contributed by atoms with E-state index >= 15 is 0 Å². The van der Waals surface area contributed by atoms with Crippen LogP contribution in [0.3, 0.4) is 0 Å². The van der Waals surface area contributed by atoms with Crippen molar-refractivity contribution in [3.8, 4) is 0 Å². The molecule has 0 unspecified atom stereocenters. The highest BCUT2D eigenvalue weighted by Crippen LogP contribution is 1.92. The predicted octanol–water partition coefficient (Wildman–Crippen LogP) is -0.126. The Labute approximate surface area is 67.4 Å². The van der Waals surface area contributed by atoms with Gasteiger partial charge in [-0.25, -0.2) is 4.39 Å². The van der Waals surface area contributed by atoms with Crippen molar-refractivity contribution in [2.24, 2.45) is 0 Å². The molecule has 0 atom stereocenters. The van der Waals surface area contributed by atoms with E-state index in [1.54, 1.807) is 0 Å². The molecule has 1 heterocycles. The minimum atomic E-state index is -0.900. The van der Waals surface area contributed by atoms with Gasteiger partial charge in [0.15, 0.2) is 5.82 Å². The Bertz CT molecular complexity index is 359. The highest BCUT2D eigenvalue weighted by atomic mass is 19.1. The van der Waals surface area contributed by atoms with Crippen LogP contribution < -0.4 is 10.9 Å². The van der Waals surface area contributed by atoms with E-state index in [1.807, 2.05) is 0 Å². The maximum Gasteiger partial charge on any atom is 0.284 e. The van der Waals surface area contributed by atoms with Crippen molar-refractivity contribution in [1.29, 1.82) is 0 Å². The summed E-state index contributed by atoms with van der Waals surface area (Å²) in [6.07, 6.45) is 0. The number of aromatic nitrogens is 1. The van der Waals surface area contributed by atoms with E-state index in [4.69, 9.17) is 0 Å². The van der Waals surface area contributed by atoms with Crippen LogP contribution in [-0.4, -0.2) is 17.9 Å². The van der Waals surface area contributed by atoms with Gasteiger partial charge in [0, 0.05) is 7.05 Å². The highest BCUT2D eigenvalue weighted by Gasteiger charge is 2.05. The van der Waals surface area contributed by atoms with Crippen molar-refractivity contribution >= 4 is 5.91 Å². The van der Waals surface area contributed by atoms with Crippen molar-refractivity contribution in [3.63, 3.8) is 0 Å². The largest absolute Gasteiger partial charge is 0.354 e. The van der Waals surface area contributed by atoms with Gasteiger partial charge in [0.1, 0.15) is 5.69 Å². The zero-order valence-corrected chi connectivity index (χ0v) is 6.35. The minimum absolute atomic E-state index is 0.0453. The second kappa shape index (κ2) is 3.17. The first-order valence-electron chi connectivity index (χ1n) is 3.26. The molecule has 12 heavy (non-hydrogen) atoms. The number of halogens is 1. The molecule has 1 amide bonds. The molecule has 0 radical (unpaired) electrons. The smallest absolute Gasteiger partial charge is 0.284 e. The summed E-state index contributed by atoms with van der Waals surface area (Å²) < 4.78 is 12.4. The summed E-state index contributed by atoms with van der Waals surface area (Å²) in [5.41, 5.74) is -0.847. The first-order chi connectivity index (χ1) is 5.65. The quantitative estimate of drug-likeness (QED) is 0.616. The molecule has 0 fully saturated rings. The number of nitrogens with one attached hydrogen (secondary N) is 2. The molecule has 0 saturated carbocycles. The Morgan fingerprint density at radius 3 is 2.75 bits per heavy atom. The van der Waals surface area contributed by atoms with Crippen LogP contribution in [-0.2, 0) is 0 Å². The molecule has 1 aromatic rings. The number of H-pyrrole nitrogens is 1. The molecule has 1 aromatic heterocycles. The third kappa shape index (κ3) is 1.50. The van der Waals surface area contributed by atoms with Crippen molar-refractivity contribution in [1.82, 2.24) is 10.3 Å². The molecule has 0 aliphatic rings. The average Bonchev–Trinajstić information content (AvgIpc) is 2.08. The zero-order chi connectivity index (χ0) is 9.14. The Balaban J connectivity index is 3.13. The number of hydrogen-bond acceptors (Lipinski definition) is 2. The molecule has 5 heteroatoms. The van der Waals surface area contributed by atoms with Crippen LogP contribution in [0.25, 0.3) is 0 Å². The van der Waals surface area contributed by atoms with E-state index in [-0.39, 0.29) is 5.69 Å². The zero-order valence-electron chi connectivity index (χ0n) is 6.35. The van der Waals surface area contributed by atoms with Gasteiger partial charge in [0.05, 0.1) is 0 Å². The van der Waals surface area contributed by atoms with Crippen LogP contribution in [0.2, 0.25) is 0 Å². The summed E-state index contributed by atoms with van der Waals surface area (Å²) in [5.74, 6) is -1.35. The lowest BCUT2D eigenvalue weighted by atomic mass is 10.3. The number of aromatic amines is 1. The first-order valence-corrected chi connectivity index (χ1v) is 3.26. The molecular weight excluding hydrogens is 163 g/mol. The monoisotopic (exact) mass is 170 g/mol. The molecule has 2 N–H and O–H groups in total. The Morgan fingerprint density at radius 1 is 1.58 bits per heavy atom. The Morgan fingerprint density at radius 2 is 2.25 bits per heavy atom. The average molecular weight is 170 g/mol. The maximum absolute atomic E-state index is 12.4. The standard InChI is InChI=1S/C7H7FN2O2/c1-9-7(12)5-3-2-4(8)6(11)10-5/h2-3H,1H3,(H,9,12)(H,10,11). The van der Waals surface area contributed by atoms with Gasteiger partial charge in [-0.3, -0.25) is 9.59 Å². The third-order valence-corrected chi connectivity index (χ3v) is 1.33. The van der Waals surface area contributed by atoms with Gasteiger partial charge in [-0.05, 0) is 12.1 Å². The molecule has 1 rings (SSSR count). The van der Waals surface area contributed by atoms with Crippen LogP contribution in [0.4, 0.5) is 4.39 Å². The van der Waals surface area contributed by atoms with E-state index in [2.05, 4.69) is 10.3 Å². The molecule has 0 aliphatic heterocycles. The maximum atomic E-state index is 12.4. The molecule has 0 aliphatic carbocycles. The fourth-order valence-electron chi connectivity index (χ4n) is 0.723. The van der Waals surface area contributed by atoms with Crippen LogP contribution >= 0.6 is 0 Å². The molecule has 64 valence electrons. The third-order valence-electron chi connectivity index (χ3n) is 1.33. The van der Waals surface area contributed by atoms with Crippen LogP contribution in [0, 0.1) is 5.82 Å². The second-order valence-electron chi connectivity index (χ2n) is 2.13. The van der Waals surface area contributed by atoms with Gasteiger partial charge in [0.25, 0.3) is 11.5 Å². The lowest BCUT2D eigenvalue weighted by Crippen LogP contribution is -2.23. The number of carbonyl (C=O) groups is 1. The van der Waals surface area contributed by atoms with Gasteiger partial charge >= 0.3 is 0 Å². The molecule has 0 bridgehead atoms. The number of amides is 1. The lowest BCUT2D eigenvalue weighted by Gasteiger charge is -1.97. The van der Waals surface area contributed by atoms with Gasteiger partial charge in [-0.2, -0.15) is 0 Å². The van der Waals surface area contributed by atoms with Crippen LogP contribution in [0.5, 0.6) is 0 Å². The van der Waals surface area contributed by atoms with E-state index in [0.717, 1.165) is 6.07 Å². The van der Waals surface area contributed by atoms with Crippen molar-refractivity contribution in [2.75, 3.05) is 7.05 Å². The number of pyridine rings is 1. The summed E-state index contributed by atoms with van der Waals surface area (Å²) in [6, 6.07) is 2.15. The van der Waals surface area contributed by atoms with Gasteiger partial charge in [-0.1, -0.05) is 0 Å². The topological polar surface area (TPSA) is 62.0 Å². The van der Waals surface area contributed by atoms with Crippen molar-refractivity contribution in [2.45, 2.75) is 0 Å². The van der Waals surface area contributed by atoms with Crippen molar-refractivity contribution < 1.29 is 9.18 Å². The van der Waals surface area contributed by atoms with Crippen molar-refractivity contribution in [3.05, 3.63) is 34.0 Å². The van der Waals surface area contributed by atoms with E-state index in [0.29, 0.717) is 0 Å². The normalized spacial score (nSPS) is 9.50. The van der Waals surface area contributed by atoms with Gasteiger partial charge < -0.3 is 10.3 Å². The molecule has 0 aromatic carbocycles.